The van der Waals surface area contributed by atoms with E-state index >= 15 is 0 Å². The van der Waals surface area contributed by atoms with Gasteiger partial charge < -0.3 is 5.11 Å². The molecule has 1 rings (SSSR count). The Kier molecular flexibility index (Phi) is 3.99. The van der Waals surface area contributed by atoms with Gasteiger partial charge in [0.15, 0.2) is 0 Å². The van der Waals surface area contributed by atoms with Crippen LogP contribution < -0.4 is 5.14 Å². The molecule has 1 aromatic carbocycles. The van der Waals surface area contributed by atoms with Gasteiger partial charge in [-0.3, -0.25) is 0 Å². The molecular weight excluding hydrogens is 285 g/mol. The predicted octanol–water partition coefficient (Wildman–Crippen LogP) is 1.95. The molecule has 5 nitrogen and oxygen atoms in total. The van der Waals surface area contributed by atoms with E-state index in [1.807, 2.05) is 0 Å². The molecule has 0 bridgehead atoms. The molecule has 0 aliphatic carbocycles. The Morgan fingerprint density at radius 1 is 1.50 bits per heavy atom. The number of hydrogen-bond acceptors (Lipinski definition) is 3. The largest absolute Gasteiger partial charge is 0.478 e. The lowest BCUT2D eigenvalue weighted by Gasteiger charge is -2.13. The van der Waals surface area contributed by atoms with Crippen LogP contribution >= 0.6 is 11.6 Å². The Hall–Kier alpha value is -1.18. The highest BCUT2D eigenvalue weighted by molar-refractivity contribution is 7.89. The fourth-order valence-corrected chi connectivity index (χ4v) is 2.73. The first-order valence-electron chi connectivity index (χ1n) is 4.85. The molecule has 0 spiro atoms. The first kappa shape index (κ1) is 14.9. The molecule has 0 aliphatic heterocycles. The summed E-state index contributed by atoms with van der Waals surface area (Å²) in [5, 5.41) is 13.0. The van der Waals surface area contributed by atoms with Crippen molar-refractivity contribution in [1.82, 2.24) is 0 Å². The zero-order valence-corrected chi connectivity index (χ0v) is 11.1. The predicted molar refractivity (Wildman–Crippen MR) is 63.8 cm³/mol. The number of nitrogens with two attached hydrogens (primary N) is 1. The molecule has 0 aliphatic rings. The van der Waals surface area contributed by atoms with Gasteiger partial charge in [0.1, 0.15) is 10.7 Å². The van der Waals surface area contributed by atoms with E-state index in [1.54, 1.807) is 13.8 Å². The Bertz CT molecular complexity index is 613. The maximum atomic E-state index is 14.0. The first-order chi connectivity index (χ1) is 8.07. The minimum Gasteiger partial charge on any atom is -0.478 e. The van der Waals surface area contributed by atoms with E-state index in [2.05, 4.69) is 0 Å². The average molecular weight is 296 g/mol. The summed E-state index contributed by atoms with van der Waals surface area (Å²) in [6, 6.07) is 1.01. The van der Waals surface area contributed by atoms with Crippen LogP contribution in [0, 0.1) is 5.82 Å². The number of carboxylic acid groups (broad SMARTS) is 1. The molecular formula is C10H11ClFNO4S. The normalized spacial score (nSPS) is 11.9. The summed E-state index contributed by atoms with van der Waals surface area (Å²) in [5.41, 5.74) is -0.563. The highest BCUT2D eigenvalue weighted by Crippen LogP contribution is 2.33. The lowest BCUT2D eigenvalue weighted by molar-refractivity contribution is 0.0696. The second-order valence-electron chi connectivity index (χ2n) is 3.98. The summed E-state index contributed by atoms with van der Waals surface area (Å²) in [6.07, 6.45) is 0. The Balaban J connectivity index is 3.85. The molecule has 0 saturated carbocycles. The van der Waals surface area contributed by atoms with Crippen LogP contribution in [-0.4, -0.2) is 19.5 Å². The molecule has 0 amide bonds. The second kappa shape index (κ2) is 4.83. The van der Waals surface area contributed by atoms with Gasteiger partial charge in [-0.1, -0.05) is 25.4 Å². The van der Waals surface area contributed by atoms with Crippen LogP contribution in [0.1, 0.15) is 35.7 Å². The summed E-state index contributed by atoms with van der Waals surface area (Å²) in [4.78, 5) is 9.97. The molecule has 0 aromatic heterocycles. The molecule has 0 atom stereocenters. The second-order valence-corrected chi connectivity index (χ2v) is 5.85. The van der Waals surface area contributed by atoms with Gasteiger partial charge in [0.05, 0.1) is 10.6 Å². The van der Waals surface area contributed by atoms with E-state index in [4.69, 9.17) is 21.8 Å². The zero-order valence-electron chi connectivity index (χ0n) is 9.57. The molecule has 0 heterocycles. The van der Waals surface area contributed by atoms with Crippen molar-refractivity contribution in [3.8, 4) is 0 Å². The molecule has 0 radical (unpaired) electrons. The van der Waals surface area contributed by atoms with E-state index in [0.29, 0.717) is 0 Å². The minimum absolute atomic E-state index is 0.0687. The van der Waals surface area contributed by atoms with Crippen molar-refractivity contribution >= 4 is 27.6 Å². The summed E-state index contributed by atoms with van der Waals surface area (Å²) in [7, 11) is -4.45. The molecule has 0 saturated heterocycles. The number of carboxylic acids is 1. The van der Waals surface area contributed by atoms with Gasteiger partial charge in [0.25, 0.3) is 0 Å². The van der Waals surface area contributed by atoms with Crippen LogP contribution in [0.5, 0.6) is 0 Å². The first-order valence-corrected chi connectivity index (χ1v) is 6.77. The van der Waals surface area contributed by atoms with Crippen molar-refractivity contribution in [1.29, 1.82) is 0 Å². The van der Waals surface area contributed by atoms with Gasteiger partial charge in [-0.25, -0.2) is 22.7 Å². The van der Waals surface area contributed by atoms with Crippen LogP contribution in [0.15, 0.2) is 11.0 Å². The molecule has 8 heteroatoms. The van der Waals surface area contributed by atoms with Crippen LogP contribution in [0.2, 0.25) is 5.02 Å². The van der Waals surface area contributed by atoms with Gasteiger partial charge in [-0.15, -0.1) is 0 Å². The number of halogens is 2. The van der Waals surface area contributed by atoms with E-state index in [9.17, 15) is 17.6 Å². The highest BCUT2D eigenvalue weighted by Gasteiger charge is 2.28. The Morgan fingerprint density at radius 2 is 2.00 bits per heavy atom. The van der Waals surface area contributed by atoms with Gasteiger partial charge in [0.2, 0.25) is 10.0 Å². The average Bonchev–Trinajstić information content (AvgIpc) is 2.13. The number of hydrogen-bond donors (Lipinski definition) is 2. The Morgan fingerprint density at radius 3 is 2.33 bits per heavy atom. The molecule has 3 N–H and O–H groups in total. The van der Waals surface area contributed by atoms with Crippen molar-refractivity contribution in [3.63, 3.8) is 0 Å². The number of carbonyl (C=O) groups is 1. The smallest absolute Gasteiger partial charge is 0.337 e. The SMILES string of the molecule is CC(C)c1cc(C(=O)O)c(Cl)c(S(N)(=O)=O)c1F. The van der Waals surface area contributed by atoms with Crippen LogP contribution in [0.3, 0.4) is 0 Å². The maximum absolute atomic E-state index is 14.0. The van der Waals surface area contributed by atoms with E-state index in [-0.39, 0.29) is 5.56 Å². The zero-order chi connectivity index (χ0) is 14.2. The lowest BCUT2D eigenvalue weighted by atomic mass is 10.00. The quantitative estimate of drug-likeness (QED) is 0.890. The maximum Gasteiger partial charge on any atom is 0.337 e. The third kappa shape index (κ3) is 2.63. The third-order valence-corrected chi connectivity index (χ3v) is 3.78. The van der Waals surface area contributed by atoms with Crippen LogP contribution in [0.4, 0.5) is 4.39 Å². The third-order valence-electron chi connectivity index (χ3n) is 2.33. The lowest BCUT2D eigenvalue weighted by Crippen LogP contribution is -2.18. The standard InChI is InChI=1S/C10H11ClFNO4S/c1-4(2)5-3-6(10(14)15)7(11)9(8(5)12)18(13,16)17/h3-4H,1-2H3,(H,14,15)(H2,13,16,17). The Labute approximate surface area is 108 Å². The molecule has 18 heavy (non-hydrogen) atoms. The summed E-state index contributed by atoms with van der Waals surface area (Å²) in [5.74, 6) is -2.98. The summed E-state index contributed by atoms with van der Waals surface area (Å²) >= 11 is 5.59. The van der Waals surface area contributed by atoms with Crippen molar-refractivity contribution in [2.45, 2.75) is 24.7 Å². The number of primary sulfonamides is 1. The molecule has 0 fully saturated rings. The van der Waals surface area contributed by atoms with Crippen molar-refractivity contribution in [2.24, 2.45) is 5.14 Å². The van der Waals surface area contributed by atoms with Crippen LogP contribution in [-0.2, 0) is 10.0 Å². The number of aromatic carboxylic acids is 1. The van der Waals surface area contributed by atoms with E-state index in [0.717, 1.165) is 6.07 Å². The van der Waals surface area contributed by atoms with Gasteiger partial charge in [-0.2, -0.15) is 0 Å². The summed E-state index contributed by atoms with van der Waals surface area (Å²) in [6.45, 7) is 3.18. The van der Waals surface area contributed by atoms with Gasteiger partial charge in [-0.05, 0) is 17.5 Å². The number of sulfonamides is 1. The fraction of sp³-hybridized carbons (Fsp3) is 0.300. The highest BCUT2D eigenvalue weighted by atomic mass is 35.5. The van der Waals surface area contributed by atoms with Gasteiger partial charge >= 0.3 is 5.97 Å². The summed E-state index contributed by atoms with van der Waals surface area (Å²) < 4.78 is 36.6. The van der Waals surface area contributed by atoms with Crippen molar-refractivity contribution < 1.29 is 22.7 Å². The van der Waals surface area contributed by atoms with Crippen LogP contribution in [0.25, 0.3) is 0 Å². The monoisotopic (exact) mass is 295 g/mol. The molecule has 0 unspecified atom stereocenters. The van der Waals surface area contributed by atoms with Gasteiger partial charge in [0, 0.05) is 0 Å². The molecule has 1 aromatic rings. The molecule has 100 valence electrons. The topological polar surface area (TPSA) is 97.5 Å². The number of rotatable bonds is 3. The fourth-order valence-electron chi connectivity index (χ4n) is 1.46. The number of benzene rings is 1. The van der Waals surface area contributed by atoms with E-state index < -0.39 is 43.2 Å². The van der Waals surface area contributed by atoms with Crippen molar-refractivity contribution in [3.05, 3.63) is 28.0 Å². The minimum atomic E-state index is -4.45. The van der Waals surface area contributed by atoms with Crippen molar-refractivity contribution in [2.75, 3.05) is 0 Å². The van der Waals surface area contributed by atoms with E-state index in [1.165, 1.54) is 0 Å².